The number of sulfonamides is 1. The molecule has 8 heteroatoms. The normalized spacial score (nSPS) is 18.4. The molecule has 0 spiro atoms. The van der Waals surface area contributed by atoms with E-state index in [4.69, 9.17) is 10.00 Å². The van der Waals surface area contributed by atoms with E-state index < -0.39 is 10.0 Å². The number of halogens is 1. The number of nitriles is 1. The Morgan fingerprint density at radius 2 is 2.24 bits per heavy atom. The van der Waals surface area contributed by atoms with Gasteiger partial charge in [-0.3, -0.25) is 0 Å². The minimum absolute atomic E-state index is 0. The molecule has 1 aromatic rings. The molecule has 1 aliphatic rings. The zero-order chi connectivity index (χ0) is 14.6. The predicted octanol–water partition coefficient (Wildman–Crippen LogP) is 1.02. The van der Waals surface area contributed by atoms with Gasteiger partial charge in [-0.25, -0.2) is 13.1 Å². The zero-order valence-electron chi connectivity index (χ0n) is 11.6. The van der Waals surface area contributed by atoms with Gasteiger partial charge in [0.05, 0.1) is 18.7 Å². The van der Waals surface area contributed by atoms with Crippen LogP contribution in [0.5, 0.6) is 5.75 Å². The van der Waals surface area contributed by atoms with E-state index in [-0.39, 0.29) is 29.1 Å². The van der Waals surface area contributed by atoms with Gasteiger partial charge in [0.2, 0.25) is 10.0 Å². The molecule has 0 saturated carbocycles. The summed E-state index contributed by atoms with van der Waals surface area (Å²) < 4.78 is 32.5. The van der Waals surface area contributed by atoms with Crippen molar-refractivity contribution in [2.75, 3.05) is 20.2 Å². The van der Waals surface area contributed by atoms with E-state index in [0.29, 0.717) is 12.1 Å². The summed E-state index contributed by atoms with van der Waals surface area (Å²) in [6.45, 7) is 1.54. The van der Waals surface area contributed by atoms with Crippen LogP contribution in [0.2, 0.25) is 0 Å². The number of nitrogens with zero attached hydrogens (tertiary/aromatic N) is 1. The number of piperidine rings is 1. The number of ether oxygens (including phenoxy) is 1. The SMILES string of the molecule is COc1cc(C#N)ccc1S(=O)(=O)N[C@@H]1CCCNC1.Cl. The van der Waals surface area contributed by atoms with Crippen molar-refractivity contribution in [2.24, 2.45) is 0 Å². The molecule has 116 valence electrons. The van der Waals surface area contributed by atoms with Gasteiger partial charge in [0, 0.05) is 12.6 Å². The highest BCUT2D eigenvalue weighted by Crippen LogP contribution is 2.25. The fourth-order valence-electron chi connectivity index (χ4n) is 2.19. The highest BCUT2D eigenvalue weighted by molar-refractivity contribution is 7.89. The number of benzene rings is 1. The molecule has 2 rings (SSSR count). The Bertz CT molecular complexity index is 622. The molecule has 0 aliphatic carbocycles. The second-order valence-electron chi connectivity index (χ2n) is 4.64. The molecule has 1 aliphatic heterocycles. The Morgan fingerprint density at radius 3 is 2.81 bits per heavy atom. The molecule has 2 N–H and O–H groups in total. The van der Waals surface area contributed by atoms with Crippen molar-refractivity contribution in [3.63, 3.8) is 0 Å². The number of hydrogen-bond donors (Lipinski definition) is 2. The molecule has 1 atom stereocenters. The smallest absolute Gasteiger partial charge is 0.244 e. The second kappa shape index (κ2) is 7.61. The van der Waals surface area contributed by atoms with Gasteiger partial charge in [-0.15, -0.1) is 12.4 Å². The average molecular weight is 332 g/mol. The third kappa shape index (κ3) is 4.32. The Hall–Kier alpha value is -1.33. The van der Waals surface area contributed by atoms with Crippen molar-refractivity contribution in [3.05, 3.63) is 23.8 Å². The van der Waals surface area contributed by atoms with Gasteiger partial charge in [-0.2, -0.15) is 5.26 Å². The van der Waals surface area contributed by atoms with Crippen molar-refractivity contribution >= 4 is 22.4 Å². The molecule has 1 heterocycles. The van der Waals surface area contributed by atoms with Gasteiger partial charge >= 0.3 is 0 Å². The lowest BCUT2D eigenvalue weighted by Gasteiger charge is -2.24. The maximum atomic E-state index is 12.4. The van der Waals surface area contributed by atoms with Gasteiger partial charge in [0.25, 0.3) is 0 Å². The first-order chi connectivity index (χ1) is 9.56. The van der Waals surface area contributed by atoms with Crippen molar-refractivity contribution in [1.29, 1.82) is 5.26 Å². The second-order valence-corrected chi connectivity index (χ2v) is 6.32. The minimum Gasteiger partial charge on any atom is -0.495 e. The van der Waals surface area contributed by atoms with E-state index in [1.165, 1.54) is 25.3 Å². The van der Waals surface area contributed by atoms with Crippen LogP contribution in [0.1, 0.15) is 18.4 Å². The fraction of sp³-hybridized carbons (Fsp3) is 0.462. The van der Waals surface area contributed by atoms with Crippen LogP contribution in [0.4, 0.5) is 0 Å². The van der Waals surface area contributed by atoms with Crippen LogP contribution in [-0.4, -0.2) is 34.7 Å². The molecule has 0 aromatic heterocycles. The quantitative estimate of drug-likeness (QED) is 0.859. The molecule has 0 radical (unpaired) electrons. The molecular formula is C13H18ClN3O3S. The van der Waals surface area contributed by atoms with Crippen molar-refractivity contribution < 1.29 is 13.2 Å². The van der Waals surface area contributed by atoms with Crippen molar-refractivity contribution in [1.82, 2.24) is 10.0 Å². The van der Waals surface area contributed by atoms with Gasteiger partial charge in [0.1, 0.15) is 10.6 Å². The minimum atomic E-state index is -3.65. The standard InChI is InChI=1S/C13H17N3O3S.ClH/c1-19-12-7-10(8-14)4-5-13(12)20(17,18)16-11-3-2-6-15-9-11;/h4-5,7,11,15-16H,2-3,6,9H2,1H3;1H/t11-;/m1./s1. The summed E-state index contributed by atoms with van der Waals surface area (Å²) in [6, 6.07) is 6.13. The highest BCUT2D eigenvalue weighted by Gasteiger charge is 2.24. The van der Waals surface area contributed by atoms with E-state index in [1.54, 1.807) is 0 Å². The summed E-state index contributed by atoms with van der Waals surface area (Å²) in [5, 5.41) is 12.0. The molecule has 0 amide bonds. The molecule has 1 aromatic carbocycles. The molecular weight excluding hydrogens is 314 g/mol. The van der Waals surface area contributed by atoms with Gasteiger partial charge in [-0.1, -0.05) is 0 Å². The third-order valence-corrected chi connectivity index (χ3v) is 4.76. The summed E-state index contributed by atoms with van der Waals surface area (Å²) in [5.74, 6) is 0.181. The zero-order valence-corrected chi connectivity index (χ0v) is 13.3. The summed E-state index contributed by atoms with van der Waals surface area (Å²) >= 11 is 0. The van der Waals surface area contributed by atoms with Crippen LogP contribution in [0.15, 0.2) is 23.1 Å². The Balaban J connectivity index is 0.00000220. The number of rotatable bonds is 4. The summed E-state index contributed by atoms with van der Waals surface area (Å²) in [5.41, 5.74) is 0.361. The number of methoxy groups -OCH3 is 1. The maximum Gasteiger partial charge on any atom is 0.244 e. The molecule has 0 unspecified atom stereocenters. The van der Waals surface area contributed by atoms with Crippen molar-refractivity contribution in [3.8, 4) is 11.8 Å². The number of nitrogens with one attached hydrogen (secondary N) is 2. The predicted molar refractivity (Wildman–Crippen MR) is 81.2 cm³/mol. The Labute approximate surface area is 130 Å². The van der Waals surface area contributed by atoms with Crippen LogP contribution >= 0.6 is 12.4 Å². The molecule has 21 heavy (non-hydrogen) atoms. The third-order valence-electron chi connectivity index (χ3n) is 3.20. The molecule has 1 fully saturated rings. The topological polar surface area (TPSA) is 91.2 Å². The van der Waals surface area contributed by atoms with E-state index in [2.05, 4.69) is 10.0 Å². The number of hydrogen-bond acceptors (Lipinski definition) is 5. The lowest BCUT2D eigenvalue weighted by molar-refractivity contribution is 0.399. The first-order valence-corrected chi connectivity index (χ1v) is 7.86. The van der Waals surface area contributed by atoms with Crippen LogP contribution in [0, 0.1) is 11.3 Å². The van der Waals surface area contributed by atoms with Crippen molar-refractivity contribution in [2.45, 2.75) is 23.8 Å². The fourth-order valence-corrected chi connectivity index (χ4v) is 3.62. The van der Waals surface area contributed by atoms with Gasteiger partial charge < -0.3 is 10.1 Å². The molecule has 0 bridgehead atoms. The van der Waals surface area contributed by atoms with Crippen LogP contribution in [0.25, 0.3) is 0 Å². The Morgan fingerprint density at radius 1 is 1.48 bits per heavy atom. The van der Waals surface area contributed by atoms with Gasteiger partial charge in [-0.05, 0) is 37.6 Å². The average Bonchev–Trinajstić information content (AvgIpc) is 2.47. The van der Waals surface area contributed by atoms with Crippen LogP contribution in [-0.2, 0) is 10.0 Å². The summed E-state index contributed by atoms with van der Waals surface area (Å²) in [4.78, 5) is 0.0598. The molecule has 6 nitrogen and oxygen atoms in total. The monoisotopic (exact) mass is 331 g/mol. The van der Waals surface area contributed by atoms with E-state index in [1.807, 2.05) is 6.07 Å². The van der Waals surface area contributed by atoms with Crippen LogP contribution in [0.3, 0.4) is 0 Å². The lowest BCUT2D eigenvalue weighted by Crippen LogP contribution is -2.45. The summed E-state index contributed by atoms with van der Waals surface area (Å²) in [7, 11) is -2.27. The molecule has 1 saturated heterocycles. The Kier molecular flexibility index (Phi) is 6.42. The maximum absolute atomic E-state index is 12.4. The summed E-state index contributed by atoms with van der Waals surface area (Å²) in [6.07, 6.45) is 1.75. The van der Waals surface area contributed by atoms with E-state index in [9.17, 15) is 8.42 Å². The largest absolute Gasteiger partial charge is 0.495 e. The van der Waals surface area contributed by atoms with Gasteiger partial charge in [0.15, 0.2) is 0 Å². The van der Waals surface area contributed by atoms with Crippen LogP contribution < -0.4 is 14.8 Å². The first-order valence-electron chi connectivity index (χ1n) is 6.38. The van der Waals surface area contributed by atoms with E-state index in [0.717, 1.165) is 19.4 Å². The highest BCUT2D eigenvalue weighted by atomic mass is 35.5. The first kappa shape index (κ1) is 17.7. The van der Waals surface area contributed by atoms with E-state index >= 15 is 0 Å². The lowest BCUT2D eigenvalue weighted by atomic mass is 10.1.